The number of carbonyl (C=O) groups is 2. The van der Waals surface area contributed by atoms with Gasteiger partial charge in [0.1, 0.15) is 6.61 Å². The summed E-state index contributed by atoms with van der Waals surface area (Å²) in [6.07, 6.45) is 74.2. The van der Waals surface area contributed by atoms with Crippen molar-refractivity contribution in [1.29, 1.82) is 0 Å². The fourth-order valence-corrected chi connectivity index (χ4v) is 7.44. The van der Waals surface area contributed by atoms with Crippen LogP contribution in [0.5, 0.6) is 0 Å². The van der Waals surface area contributed by atoms with Gasteiger partial charge in [-0.3, -0.25) is 9.59 Å². The molecule has 0 radical (unpaired) electrons. The topological polar surface area (TPSA) is 72.8 Å². The number of rotatable bonds is 48. The fraction of sp³-hybridized carbons (Fsp3) is 0.724. The van der Waals surface area contributed by atoms with Crippen molar-refractivity contribution in [2.75, 3.05) is 13.2 Å². The summed E-state index contributed by atoms with van der Waals surface area (Å²) in [7, 11) is 0. The highest BCUT2D eigenvalue weighted by Gasteiger charge is 2.16. The lowest BCUT2D eigenvalue weighted by molar-refractivity contribution is -0.161. The Kier molecular flexibility index (Phi) is 50.9. The molecule has 0 spiro atoms. The maximum absolute atomic E-state index is 12.3. The van der Waals surface area contributed by atoms with E-state index in [0.29, 0.717) is 12.8 Å². The minimum absolute atomic E-state index is 0.0700. The summed E-state index contributed by atoms with van der Waals surface area (Å²) in [6, 6.07) is 0. The van der Waals surface area contributed by atoms with Crippen molar-refractivity contribution in [2.45, 2.75) is 258 Å². The van der Waals surface area contributed by atoms with Crippen LogP contribution in [0.25, 0.3) is 0 Å². The Morgan fingerprint density at radius 1 is 0.381 bits per heavy atom. The third kappa shape index (κ3) is 51.6. The molecule has 0 fully saturated rings. The lowest BCUT2D eigenvalue weighted by Crippen LogP contribution is -2.28. The first kappa shape index (κ1) is 60.1. The minimum Gasteiger partial charge on any atom is -0.462 e. The van der Waals surface area contributed by atoms with Crippen molar-refractivity contribution in [3.8, 4) is 0 Å². The molecule has 0 bridgehead atoms. The molecule has 0 rings (SSSR count). The van der Waals surface area contributed by atoms with Crippen molar-refractivity contribution in [3.05, 3.63) is 85.1 Å². The zero-order valence-corrected chi connectivity index (χ0v) is 41.3. The summed E-state index contributed by atoms with van der Waals surface area (Å²) in [5.41, 5.74) is 0. The van der Waals surface area contributed by atoms with Gasteiger partial charge in [-0.15, -0.1) is 0 Å². The van der Waals surface area contributed by atoms with Crippen LogP contribution in [-0.2, 0) is 19.1 Å². The first-order chi connectivity index (χ1) is 31.1. The second kappa shape index (κ2) is 53.4. The summed E-state index contributed by atoms with van der Waals surface area (Å²) in [5, 5.41) is 9.60. The number of esters is 2. The second-order valence-corrected chi connectivity index (χ2v) is 17.6. The molecule has 63 heavy (non-hydrogen) atoms. The van der Waals surface area contributed by atoms with Gasteiger partial charge in [-0.2, -0.15) is 0 Å². The summed E-state index contributed by atoms with van der Waals surface area (Å²) >= 11 is 0. The fourth-order valence-electron chi connectivity index (χ4n) is 7.44. The molecule has 0 saturated carbocycles. The van der Waals surface area contributed by atoms with Gasteiger partial charge in [-0.25, -0.2) is 0 Å². The molecule has 0 aliphatic heterocycles. The quantitative estimate of drug-likeness (QED) is 0.0374. The van der Waals surface area contributed by atoms with Crippen LogP contribution in [0.3, 0.4) is 0 Å². The number of aliphatic hydroxyl groups excluding tert-OH is 1. The Hall–Kier alpha value is -2.92. The van der Waals surface area contributed by atoms with E-state index in [1.54, 1.807) is 0 Å². The van der Waals surface area contributed by atoms with Crippen LogP contribution in [0, 0.1) is 0 Å². The molecule has 5 nitrogen and oxygen atoms in total. The van der Waals surface area contributed by atoms with Crippen LogP contribution in [-0.4, -0.2) is 36.4 Å². The average Bonchev–Trinajstić information content (AvgIpc) is 3.29. The molecular formula is C58H100O5. The van der Waals surface area contributed by atoms with Crippen LogP contribution < -0.4 is 0 Å². The highest BCUT2D eigenvalue weighted by atomic mass is 16.6. The van der Waals surface area contributed by atoms with Gasteiger partial charge in [-0.05, 0) is 89.9 Å². The van der Waals surface area contributed by atoms with Gasteiger partial charge >= 0.3 is 11.9 Å². The highest BCUT2D eigenvalue weighted by molar-refractivity contribution is 5.70. The predicted octanol–water partition coefficient (Wildman–Crippen LogP) is 17.8. The summed E-state index contributed by atoms with van der Waals surface area (Å²) < 4.78 is 10.6. The normalized spacial score (nSPS) is 12.9. The van der Waals surface area contributed by atoms with Crippen LogP contribution in [0.2, 0.25) is 0 Å². The number of ether oxygens (including phenoxy) is 2. The van der Waals surface area contributed by atoms with E-state index in [1.165, 1.54) is 141 Å². The van der Waals surface area contributed by atoms with Gasteiger partial charge in [0, 0.05) is 12.8 Å². The lowest BCUT2D eigenvalue weighted by Gasteiger charge is -2.15. The smallest absolute Gasteiger partial charge is 0.306 e. The molecular weight excluding hydrogens is 777 g/mol. The predicted molar refractivity (Wildman–Crippen MR) is 274 cm³/mol. The maximum Gasteiger partial charge on any atom is 0.306 e. The van der Waals surface area contributed by atoms with E-state index in [4.69, 9.17) is 9.47 Å². The average molecular weight is 877 g/mol. The zero-order valence-electron chi connectivity index (χ0n) is 41.3. The molecule has 0 aliphatic carbocycles. The number of unbranched alkanes of at least 4 members (excludes halogenated alkanes) is 26. The van der Waals surface area contributed by atoms with Gasteiger partial charge < -0.3 is 14.6 Å². The Morgan fingerprint density at radius 3 is 1.05 bits per heavy atom. The van der Waals surface area contributed by atoms with E-state index in [0.717, 1.165) is 83.5 Å². The molecule has 0 aromatic rings. The first-order valence-electron chi connectivity index (χ1n) is 26.6. The zero-order chi connectivity index (χ0) is 45.6. The first-order valence-corrected chi connectivity index (χ1v) is 26.6. The van der Waals surface area contributed by atoms with Gasteiger partial charge in [-0.1, -0.05) is 234 Å². The lowest BCUT2D eigenvalue weighted by atomic mass is 10.0. The summed E-state index contributed by atoms with van der Waals surface area (Å²) in [5.74, 6) is -0.597. The molecule has 0 saturated heterocycles. The molecule has 1 unspecified atom stereocenters. The van der Waals surface area contributed by atoms with Crippen LogP contribution in [0.15, 0.2) is 85.1 Å². The van der Waals surface area contributed by atoms with E-state index in [9.17, 15) is 14.7 Å². The number of allylic oxidation sites excluding steroid dienone is 14. The highest BCUT2D eigenvalue weighted by Crippen LogP contribution is 2.16. The Morgan fingerprint density at radius 2 is 0.683 bits per heavy atom. The largest absolute Gasteiger partial charge is 0.462 e. The Labute approximate surface area is 390 Å². The van der Waals surface area contributed by atoms with E-state index in [2.05, 4.69) is 98.9 Å². The van der Waals surface area contributed by atoms with Gasteiger partial charge in [0.05, 0.1) is 6.61 Å². The number of aliphatic hydroxyl groups is 1. The second-order valence-electron chi connectivity index (χ2n) is 17.6. The number of carbonyl (C=O) groups excluding carboxylic acids is 2. The molecule has 5 heteroatoms. The monoisotopic (exact) mass is 877 g/mol. The number of hydrogen-bond acceptors (Lipinski definition) is 5. The molecule has 0 aliphatic rings. The van der Waals surface area contributed by atoms with Crippen molar-refractivity contribution in [3.63, 3.8) is 0 Å². The molecule has 0 heterocycles. The molecule has 0 aromatic heterocycles. The maximum atomic E-state index is 12.3. The van der Waals surface area contributed by atoms with Crippen LogP contribution in [0.1, 0.15) is 251 Å². The van der Waals surface area contributed by atoms with E-state index in [-0.39, 0.29) is 25.2 Å². The molecule has 1 atom stereocenters. The molecule has 362 valence electrons. The van der Waals surface area contributed by atoms with Crippen LogP contribution in [0.4, 0.5) is 0 Å². The Balaban J connectivity index is 3.45. The summed E-state index contributed by atoms with van der Waals surface area (Å²) in [4.78, 5) is 24.4. The van der Waals surface area contributed by atoms with Gasteiger partial charge in [0.2, 0.25) is 0 Å². The Bertz CT molecular complexity index is 1170. The van der Waals surface area contributed by atoms with Gasteiger partial charge in [0.25, 0.3) is 0 Å². The van der Waals surface area contributed by atoms with Crippen molar-refractivity contribution >= 4 is 11.9 Å². The summed E-state index contributed by atoms with van der Waals surface area (Å²) in [6.45, 7) is 4.00. The molecule has 0 aromatic carbocycles. The van der Waals surface area contributed by atoms with E-state index in [1.807, 2.05) is 0 Å². The minimum atomic E-state index is -0.776. The standard InChI is InChI=1S/C58H100O5/c1-3-5-7-9-11-13-15-17-18-19-20-21-22-23-24-25-26-27-28-29-30-31-32-33-34-35-36-37-38-39-40-41-43-45-47-49-51-53-58(61)63-56(54-59)55-62-57(60)52-50-48-46-44-42-16-14-12-10-8-6-4-2/h5,7,11-14,17-18,20-21,23-24,26-27,56,59H,3-4,6,8-10,15-16,19,22,25,28-55H2,1-2H3/b7-5-,13-11-,14-12-,18-17-,21-20-,24-23-,27-26-. The van der Waals surface area contributed by atoms with Gasteiger partial charge in [0.15, 0.2) is 6.10 Å². The van der Waals surface area contributed by atoms with E-state index < -0.39 is 6.10 Å². The SMILES string of the molecule is CC/C=C\C/C=C\C/C=C\C/C=C\C/C=C\C/C=C\CCCCCCCCCCCCCCCCCCCCC(=O)OC(CO)COC(=O)CCCCCCC/C=C\CCCCC. The van der Waals surface area contributed by atoms with Crippen molar-refractivity contribution in [1.82, 2.24) is 0 Å². The van der Waals surface area contributed by atoms with E-state index >= 15 is 0 Å². The van der Waals surface area contributed by atoms with Crippen molar-refractivity contribution < 1.29 is 24.2 Å². The third-order valence-corrected chi connectivity index (χ3v) is 11.4. The van der Waals surface area contributed by atoms with Crippen molar-refractivity contribution in [2.24, 2.45) is 0 Å². The molecule has 1 N–H and O–H groups in total. The van der Waals surface area contributed by atoms with Crippen LogP contribution >= 0.6 is 0 Å². The molecule has 0 amide bonds. The third-order valence-electron chi connectivity index (χ3n) is 11.4. The number of hydrogen-bond donors (Lipinski definition) is 1.